The monoisotopic (exact) mass is 364 g/mol. The number of hydrogen-bond acceptors (Lipinski definition) is 6. The molecule has 0 aromatic carbocycles. The molecule has 4 heterocycles. The van der Waals surface area contributed by atoms with Gasteiger partial charge in [0, 0.05) is 44.0 Å². The summed E-state index contributed by atoms with van der Waals surface area (Å²) in [6, 6.07) is 5.29. The molecule has 8 heteroatoms. The second-order valence-electron chi connectivity index (χ2n) is 6.59. The van der Waals surface area contributed by atoms with Gasteiger partial charge in [-0.1, -0.05) is 6.07 Å². The Kier molecular flexibility index (Phi) is 4.06. The van der Waals surface area contributed by atoms with Crippen molar-refractivity contribution in [3.05, 3.63) is 36.0 Å². The summed E-state index contributed by atoms with van der Waals surface area (Å²) in [6.07, 6.45) is 6.52. The van der Waals surface area contributed by atoms with Crippen LogP contribution in [0.4, 0.5) is 5.95 Å². The summed E-state index contributed by atoms with van der Waals surface area (Å²) in [5.41, 5.74) is 0.0157. The molecule has 0 saturated carbocycles. The number of nitrogens with zero attached hydrogens (tertiary/aromatic N) is 4. The Labute approximate surface area is 146 Å². The molecule has 0 N–H and O–H groups in total. The van der Waals surface area contributed by atoms with E-state index in [4.69, 9.17) is 0 Å². The first kappa shape index (κ1) is 16.0. The van der Waals surface area contributed by atoms with Crippen LogP contribution in [0.1, 0.15) is 19.3 Å². The number of sulfonamides is 1. The van der Waals surface area contributed by atoms with E-state index in [2.05, 4.69) is 14.9 Å². The van der Waals surface area contributed by atoms with E-state index in [1.807, 2.05) is 11.4 Å². The van der Waals surface area contributed by atoms with E-state index in [0.717, 1.165) is 38.3 Å². The lowest BCUT2D eigenvalue weighted by atomic mass is 9.79. The predicted octanol–water partition coefficient (Wildman–Crippen LogP) is 2.22. The van der Waals surface area contributed by atoms with Gasteiger partial charge in [0.25, 0.3) is 10.0 Å². The minimum atomic E-state index is -3.35. The molecule has 2 aliphatic heterocycles. The van der Waals surface area contributed by atoms with Crippen molar-refractivity contribution < 1.29 is 8.42 Å². The fraction of sp³-hybridized carbons (Fsp3) is 0.500. The average molecular weight is 364 g/mol. The van der Waals surface area contributed by atoms with Gasteiger partial charge in [-0.25, -0.2) is 18.4 Å². The van der Waals surface area contributed by atoms with Crippen LogP contribution in [-0.4, -0.2) is 48.9 Å². The molecule has 2 aliphatic rings. The van der Waals surface area contributed by atoms with Crippen LogP contribution in [0.15, 0.2) is 40.2 Å². The number of thiophene rings is 1. The van der Waals surface area contributed by atoms with Crippen LogP contribution in [0.3, 0.4) is 0 Å². The third-order valence-corrected chi connectivity index (χ3v) is 8.21. The van der Waals surface area contributed by atoms with Gasteiger partial charge in [0.1, 0.15) is 4.21 Å². The first-order valence-electron chi connectivity index (χ1n) is 8.15. The summed E-state index contributed by atoms with van der Waals surface area (Å²) in [7, 11) is -3.35. The van der Waals surface area contributed by atoms with Crippen molar-refractivity contribution in [2.75, 3.05) is 31.1 Å². The highest BCUT2D eigenvalue weighted by molar-refractivity contribution is 7.91. The molecule has 2 saturated heterocycles. The highest BCUT2D eigenvalue weighted by Crippen LogP contribution is 2.41. The highest BCUT2D eigenvalue weighted by Gasteiger charge is 2.45. The first-order chi connectivity index (χ1) is 11.6. The molecule has 0 bridgehead atoms. The Balaban J connectivity index is 1.53. The topological polar surface area (TPSA) is 66.4 Å². The summed E-state index contributed by atoms with van der Waals surface area (Å²) in [4.78, 5) is 10.9. The quantitative estimate of drug-likeness (QED) is 0.835. The number of piperidine rings is 1. The van der Waals surface area contributed by atoms with E-state index in [1.165, 1.54) is 11.3 Å². The first-order valence-corrected chi connectivity index (χ1v) is 10.5. The van der Waals surface area contributed by atoms with Gasteiger partial charge in [-0.15, -0.1) is 11.3 Å². The van der Waals surface area contributed by atoms with Gasteiger partial charge in [-0.3, -0.25) is 0 Å². The summed E-state index contributed by atoms with van der Waals surface area (Å²) < 4.78 is 27.6. The van der Waals surface area contributed by atoms with Crippen LogP contribution >= 0.6 is 11.3 Å². The standard InChI is InChI=1S/C16H20N4O2S2/c21-24(22,14-4-1-11-23-14)20-10-6-16(13-20)5-2-9-19(12-16)15-17-7-3-8-18-15/h1,3-4,7-8,11H,2,5-6,9-10,12-13H2/t16-/m0/s1. The molecule has 1 atom stereocenters. The van der Waals surface area contributed by atoms with Gasteiger partial charge >= 0.3 is 0 Å². The molecule has 2 aromatic heterocycles. The molecular formula is C16H20N4O2S2. The number of anilines is 1. The lowest BCUT2D eigenvalue weighted by molar-refractivity contribution is 0.246. The van der Waals surface area contributed by atoms with Gasteiger partial charge in [0.15, 0.2) is 0 Å². The maximum Gasteiger partial charge on any atom is 0.252 e. The molecular weight excluding hydrogens is 344 g/mol. The smallest absolute Gasteiger partial charge is 0.252 e. The summed E-state index contributed by atoms with van der Waals surface area (Å²) in [5.74, 6) is 0.746. The molecule has 0 aliphatic carbocycles. The van der Waals surface area contributed by atoms with Gasteiger partial charge in [-0.2, -0.15) is 4.31 Å². The second kappa shape index (κ2) is 6.09. The molecule has 2 aromatic rings. The zero-order valence-corrected chi connectivity index (χ0v) is 15.0. The Morgan fingerprint density at radius 3 is 2.67 bits per heavy atom. The molecule has 0 radical (unpaired) electrons. The Bertz CT molecular complexity index is 795. The summed E-state index contributed by atoms with van der Waals surface area (Å²) in [5, 5.41) is 1.81. The van der Waals surface area contributed by atoms with E-state index in [-0.39, 0.29) is 5.41 Å². The van der Waals surface area contributed by atoms with E-state index in [0.29, 0.717) is 17.3 Å². The fourth-order valence-electron chi connectivity index (χ4n) is 3.80. The van der Waals surface area contributed by atoms with Crippen LogP contribution in [0.2, 0.25) is 0 Å². The minimum absolute atomic E-state index is 0.0157. The zero-order valence-electron chi connectivity index (χ0n) is 13.3. The van der Waals surface area contributed by atoms with Crippen LogP contribution < -0.4 is 4.90 Å². The molecule has 4 rings (SSSR count). The largest absolute Gasteiger partial charge is 0.340 e. The average Bonchev–Trinajstić information content (AvgIpc) is 3.27. The van der Waals surface area contributed by atoms with Crippen molar-refractivity contribution >= 4 is 27.3 Å². The number of rotatable bonds is 3. The summed E-state index contributed by atoms with van der Waals surface area (Å²) in [6.45, 7) is 2.96. The van der Waals surface area contributed by atoms with Crippen molar-refractivity contribution in [3.8, 4) is 0 Å². The Morgan fingerprint density at radius 1 is 1.08 bits per heavy atom. The van der Waals surface area contributed by atoms with E-state index in [1.54, 1.807) is 28.8 Å². The Hall–Kier alpha value is -1.51. The lowest BCUT2D eigenvalue weighted by Gasteiger charge is -2.40. The fourth-order valence-corrected chi connectivity index (χ4v) is 6.50. The molecule has 0 unspecified atom stereocenters. The minimum Gasteiger partial charge on any atom is -0.340 e. The molecule has 2 fully saturated rings. The maximum absolute atomic E-state index is 12.8. The van der Waals surface area contributed by atoms with Crippen molar-refractivity contribution in [2.24, 2.45) is 5.41 Å². The number of hydrogen-bond donors (Lipinski definition) is 0. The van der Waals surface area contributed by atoms with Crippen molar-refractivity contribution in [2.45, 2.75) is 23.5 Å². The zero-order chi connectivity index (χ0) is 16.6. The molecule has 24 heavy (non-hydrogen) atoms. The van der Waals surface area contributed by atoms with Gasteiger partial charge < -0.3 is 4.90 Å². The maximum atomic E-state index is 12.8. The molecule has 128 valence electrons. The van der Waals surface area contributed by atoms with E-state index in [9.17, 15) is 8.42 Å². The number of aromatic nitrogens is 2. The van der Waals surface area contributed by atoms with Gasteiger partial charge in [-0.05, 0) is 36.8 Å². The predicted molar refractivity (Wildman–Crippen MR) is 93.6 cm³/mol. The van der Waals surface area contributed by atoms with Crippen molar-refractivity contribution in [3.63, 3.8) is 0 Å². The van der Waals surface area contributed by atoms with Gasteiger partial charge in [0.2, 0.25) is 5.95 Å². The Morgan fingerprint density at radius 2 is 1.92 bits per heavy atom. The van der Waals surface area contributed by atoms with Crippen LogP contribution in [0.25, 0.3) is 0 Å². The lowest BCUT2D eigenvalue weighted by Crippen LogP contribution is -2.46. The second-order valence-corrected chi connectivity index (χ2v) is 9.71. The molecule has 1 spiro atoms. The van der Waals surface area contributed by atoms with Crippen LogP contribution in [-0.2, 0) is 10.0 Å². The highest BCUT2D eigenvalue weighted by atomic mass is 32.2. The SMILES string of the molecule is O=S(=O)(c1cccs1)N1CC[C@]2(CCCN(c3ncccn3)C2)C1. The normalized spacial score (nSPS) is 25.4. The van der Waals surface area contributed by atoms with E-state index < -0.39 is 10.0 Å². The van der Waals surface area contributed by atoms with E-state index >= 15 is 0 Å². The summed E-state index contributed by atoms with van der Waals surface area (Å²) >= 11 is 1.29. The van der Waals surface area contributed by atoms with Crippen molar-refractivity contribution in [1.29, 1.82) is 0 Å². The van der Waals surface area contributed by atoms with Crippen LogP contribution in [0.5, 0.6) is 0 Å². The third kappa shape index (κ3) is 2.82. The van der Waals surface area contributed by atoms with Crippen LogP contribution in [0, 0.1) is 5.41 Å². The van der Waals surface area contributed by atoms with Gasteiger partial charge in [0.05, 0.1) is 0 Å². The molecule has 0 amide bonds. The third-order valence-electron chi connectivity index (χ3n) is 4.99. The molecule has 6 nitrogen and oxygen atoms in total. The van der Waals surface area contributed by atoms with Crippen molar-refractivity contribution in [1.82, 2.24) is 14.3 Å².